The van der Waals surface area contributed by atoms with Gasteiger partial charge in [0.1, 0.15) is 0 Å². The monoisotopic (exact) mass is 976 g/mol. The number of pyridine rings is 2. The van der Waals surface area contributed by atoms with Gasteiger partial charge in [-0.3, -0.25) is 0 Å². The van der Waals surface area contributed by atoms with Crippen molar-refractivity contribution in [1.82, 2.24) is 0 Å². The molecule has 0 saturated carbocycles. The smallest absolute Gasteiger partial charge is 0.710 e. The Morgan fingerprint density at radius 3 is 0.927 bits per heavy atom. The van der Waals surface area contributed by atoms with E-state index in [-0.39, 0.29) is 27.7 Å². The molecule has 0 aliphatic carbocycles. The van der Waals surface area contributed by atoms with Crippen molar-refractivity contribution < 1.29 is 36.8 Å². The maximum Gasteiger partial charge on any atom is 2.00 e. The van der Waals surface area contributed by atoms with Crippen LogP contribution in [-0.2, 0) is 66.0 Å². The summed E-state index contributed by atoms with van der Waals surface area (Å²) in [5, 5.41) is 3.10. The van der Waals surface area contributed by atoms with Crippen LogP contribution in [0.25, 0.3) is 44.5 Å². The fourth-order valence-corrected chi connectivity index (χ4v) is 7.10. The Morgan fingerprint density at radius 2 is 0.636 bits per heavy atom. The fraction of sp³-hybridized carbons (Fsp3) is 0.0417. The van der Waals surface area contributed by atoms with Crippen molar-refractivity contribution in [3.05, 3.63) is 216 Å². The molecule has 55 heavy (non-hydrogen) atoms. The van der Waals surface area contributed by atoms with Crippen LogP contribution in [0.5, 0.6) is 0 Å². The second-order valence-electron chi connectivity index (χ2n) is 12.9. The van der Waals surface area contributed by atoms with Crippen LogP contribution in [-0.4, -0.2) is 0 Å². The zero-order chi connectivity index (χ0) is 37.3. The minimum Gasteiger partial charge on any atom is -0.710 e. The fourth-order valence-electron chi connectivity index (χ4n) is 6.38. The van der Waals surface area contributed by atoms with E-state index >= 15 is 0 Å². The van der Waals surface area contributed by atoms with Crippen molar-refractivity contribution in [3.63, 3.8) is 0 Å². The van der Waals surface area contributed by atoms with Crippen molar-refractivity contribution in [3.8, 4) is 44.5 Å². The number of hydrogen-bond acceptors (Lipinski definition) is 2. The van der Waals surface area contributed by atoms with Crippen molar-refractivity contribution >= 4 is 48.5 Å². The molecule has 0 saturated heterocycles. The molecule has 2 nitrogen and oxygen atoms in total. The summed E-state index contributed by atoms with van der Waals surface area (Å²) in [6.45, 7) is 1.43. The summed E-state index contributed by atoms with van der Waals surface area (Å²) in [5.41, 5.74) is 11.7. The standard InChI is InChI=1S/2C24H18ClNS.Hg/c2*25-21-13-11-18(12-14-21)16-26-17-23(20-9-5-2-6-10-20)22(15-24(26)27)19-7-3-1-4-8-19;/h2*1-15,17H,16H2;/q;;+2. The zero-order valence-corrected chi connectivity index (χ0v) is 38.7. The molecule has 0 N–H and O–H groups in total. The molecule has 0 aliphatic heterocycles. The molecule has 6 aromatic carbocycles. The van der Waals surface area contributed by atoms with Crippen molar-refractivity contribution in [2.75, 3.05) is 0 Å². The molecule has 0 radical (unpaired) electrons. The largest absolute Gasteiger partial charge is 2.00 e. The van der Waals surface area contributed by atoms with Crippen LogP contribution in [0.4, 0.5) is 0 Å². The van der Waals surface area contributed by atoms with Gasteiger partial charge in [-0.2, -0.15) is 0 Å². The maximum atomic E-state index is 6.01. The summed E-state index contributed by atoms with van der Waals surface area (Å²) >= 11 is 23.4. The Balaban J connectivity index is 0.000000184. The van der Waals surface area contributed by atoms with E-state index in [0.717, 1.165) is 31.2 Å². The zero-order valence-electron chi connectivity index (χ0n) is 30.1. The van der Waals surface area contributed by atoms with E-state index < -0.39 is 0 Å². The van der Waals surface area contributed by atoms with Gasteiger partial charge in [-0.25, -0.2) is 9.13 Å². The third-order valence-electron chi connectivity index (χ3n) is 9.12. The Hall–Kier alpha value is -4.42. The molecule has 0 fully saturated rings. The molecule has 2 heterocycles. The molecule has 0 unspecified atom stereocenters. The molecular weight excluding hydrogens is 940 g/mol. The molecule has 2 aromatic heterocycles. The third kappa shape index (κ3) is 10.5. The van der Waals surface area contributed by atoms with Crippen LogP contribution < -0.4 is 9.13 Å². The molecule has 0 spiro atoms. The van der Waals surface area contributed by atoms with Crippen LogP contribution in [0.3, 0.4) is 0 Å². The predicted octanol–water partition coefficient (Wildman–Crippen LogP) is 11.8. The minimum atomic E-state index is 0. The summed E-state index contributed by atoms with van der Waals surface area (Å²) < 4.78 is 4.24. The van der Waals surface area contributed by atoms with Gasteiger partial charge >= 0.3 is 27.7 Å². The molecule has 264 valence electrons. The van der Waals surface area contributed by atoms with Crippen LogP contribution in [0.15, 0.2) is 204 Å². The van der Waals surface area contributed by atoms with Crippen molar-refractivity contribution in [1.29, 1.82) is 0 Å². The summed E-state index contributed by atoms with van der Waals surface area (Å²) in [7, 11) is 0. The van der Waals surface area contributed by atoms with Crippen molar-refractivity contribution in [2.24, 2.45) is 0 Å². The van der Waals surface area contributed by atoms with Gasteiger partial charge in [0.05, 0.1) is 21.2 Å². The first-order chi connectivity index (χ1) is 26.4. The second kappa shape index (κ2) is 19.4. The Labute approximate surface area is 365 Å². The summed E-state index contributed by atoms with van der Waals surface area (Å²) in [6.07, 6.45) is 4.32. The van der Waals surface area contributed by atoms with Gasteiger partial charge in [0.15, 0.2) is 25.5 Å². The molecule has 8 aromatic rings. The van der Waals surface area contributed by atoms with Gasteiger partial charge in [-0.05, 0) is 69.8 Å². The van der Waals surface area contributed by atoms with E-state index in [1.807, 2.05) is 72.8 Å². The number of nitrogens with zero attached hydrogens (tertiary/aromatic N) is 2. The van der Waals surface area contributed by atoms with Gasteiger partial charge in [-0.15, -0.1) is 0 Å². The molecule has 0 bridgehead atoms. The SMILES string of the molecule is [Hg+2].[S-]c1cc(-c2ccccc2)c(-c2ccccc2)c[n+]1Cc1ccc(Cl)cc1.[S-]c1cc(-c2ccccc2)c(-c2ccccc2)c[n+]1Cc1ccc(Cl)cc1. The van der Waals surface area contributed by atoms with Crippen LogP contribution in [0.1, 0.15) is 11.1 Å². The van der Waals surface area contributed by atoms with Gasteiger partial charge in [0.2, 0.25) is 0 Å². The first-order valence-corrected chi connectivity index (χ1v) is 19.2. The number of aromatic nitrogens is 2. The van der Waals surface area contributed by atoms with Gasteiger partial charge in [0, 0.05) is 21.2 Å². The maximum absolute atomic E-state index is 6.01. The molecule has 8 rings (SSSR count). The van der Waals surface area contributed by atoms with E-state index in [9.17, 15) is 0 Å². The average molecular weight is 976 g/mol. The molecule has 7 heteroatoms. The number of halogens is 2. The average Bonchev–Trinajstić information content (AvgIpc) is 3.22. The quantitative estimate of drug-likeness (QED) is 0.0851. The Kier molecular flexibility index (Phi) is 14.2. The van der Waals surface area contributed by atoms with Crippen LogP contribution in [0, 0.1) is 0 Å². The van der Waals surface area contributed by atoms with E-state index in [1.54, 1.807) is 0 Å². The number of hydrogen-bond donors (Lipinski definition) is 0. The normalized spacial score (nSPS) is 10.5. The Morgan fingerprint density at radius 1 is 0.364 bits per heavy atom. The number of rotatable bonds is 8. The second-order valence-corrected chi connectivity index (χ2v) is 14.6. The summed E-state index contributed by atoms with van der Waals surface area (Å²) in [4.78, 5) is 0. The van der Waals surface area contributed by atoms with E-state index in [1.165, 1.54) is 44.5 Å². The van der Waals surface area contributed by atoms with Gasteiger partial charge < -0.3 is 25.3 Å². The summed E-state index contributed by atoms with van der Waals surface area (Å²) in [5.74, 6) is 0. The predicted molar refractivity (Wildman–Crippen MR) is 227 cm³/mol. The topological polar surface area (TPSA) is 7.76 Å². The molecular formula is C48H36Cl2HgN2S2+2. The summed E-state index contributed by atoms with van der Waals surface area (Å²) in [6, 6.07) is 61.7. The van der Waals surface area contributed by atoms with E-state index in [0.29, 0.717) is 13.1 Å². The molecule has 0 atom stereocenters. The first kappa shape index (κ1) is 40.2. The molecule has 0 aliphatic rings. The van der Waals surface area contributed by atoms with E-state index in [2.05, 4.69) is 131 Å². The van der Waals surface area contributed by atoms with Crippen molar-refractivity contribution in [2.45, 2.75) is 23.1 Å². The van der Waals surface area contributed by atoms with Gasteiger partial charge in [-0.1, -0.05) is 169 Å². The van der Waals surface area contributed by atoms with E-state index in [4.69, 9.17) is 48.5 Å². The van der Waals surface area contributed by atoms with Crippen LogP contribution >= 0.6 is 23.2 Å². The molecule has 0 amide bonds. The Bertz CT molecular complexity index is 2270. The first-order valence-electron chi connectivity index (χ1n) is 17.6. The van der Waals surface area contributed by atoms with Crippen LogP contribution in [0.2, 0.25) is 10.0 Å². The minimum absolute atomic E-state index is 0. The number of benzene rings is 6. The van der Waals surface area contributed by atoms with Gasteiger partial charge in [0.25, 0.3) is 0 Å². The third-order valence-corrected chi connectivity index (χ3v) is 10.3.